The minimum Gasteiger partial charge on any atom is -0.494 e. The van der Waals surface area contributed by atoms with Gasteiger partial charge in [0.25, 0.3) is 5.91 Å². The summed E-state index contributed by atoms with van der Waals surface area (Å²) in [5.74, 6) is -1.22. The lowest BCUT2D eigenvalue weighted by Crippen LogP contribution is -2.47. The fourth-order valence-electron chi connectivity index (χ4n) is 3.47. The summed E-state index contributed by atoms with van der Waals surface area (Å²) in [6.45, 7) is -0.0907. The summed E-state index contributed by atoms with van der Waals surface area (Å²) < 4.78 is 15.8. The van der Waals surface area contributed by atoms with Crippen LogP contribution in [0.25, 0.3) is 21.0 Å². The molecule has 28 heavy (non-hydrogen) atoms. The molecule has 0 aliphatic carbocycles. The third-order valence-electron chi connectivity index (χ3n) is 4.83. The number of amides is 3. The van der Waals surface area contributed by atoms with Gasteiger partial charge in [-0.1, -0.05) is 12.1 Å². The second-order valence-corrected chi connectivity index (χ2v) is 7.64. The Hall–Kier alpha value is -3.46. The van der Waals surface area contributed by atoms with Crippen molar-refractivity contribution in [3.63, 3.8) is 0 Å². The maximum atomic E-state index is 13.6. The molecule has 0 unspecified atom stereocenters. The van der Waals surface area contributed by atoms with E-state index in [1.807, 2.05) is 24.3 Å². The van der Waals surface area contributed by atoms with Gasteiger partial charge in [-0.3, -0.25) is 10.1 Å². The summed E-state index contributed by atoms with van der Waals surface area (Å²) in [6, 6.07) is 10.8. The molecule has 140 valence electrons. The number of urea groups is 1. The van der Waals surface area contributed by atoms with Gasteiger partial charge >= 0.3 is 6.03 Å². The molecule has 2 aromatic carbocycles. The van der Waals surface area contributed by atoms with Gasteiger partial charge in [0.05, 0.1) is 16.8 Å². The first-order chi connectivity index (χ1) is 13.5. The zero-order chi connectivity index (χ0) is 19.5. The molecule has 1 aliphatic heterocycles. The number of hydrogen-bond donors (Lipinski definition) is 3. The highest BCUT2D eigenvalue weighted by atomic mass is 32.1. The number of halogens is 1. The number of imide groups is 1. The molecule has 0 bridgehead atoms. The Labute approximate surface area is 161 Å². The lowest BCUT2D eigenvalue weighted by Gasteiger charge is -2.24. The number of fused-ring (bicyclic) bond motifs is 2. The highest BCUT2D eigenvalue weighted by Crippen LogP contribution is 2.36. The van der Waals surface area contributed by atoms with Crippen LogP contribution in [0.3, 0.4) is 0 Å². The van der Waals surface area contributed by atoms with Crippen LogP contribution in [0.2, 0.25) is 0 Å². The number of benzene rings is 2. The number of nitrogens with zero attached hydrogens (tertiary/aromatic N) is 2. The highest BCUT2D eigenvalue weighted by molar-refractivity contribution is 7.18. The van der Waals surface area contributed by atoms with E-state index in [9.17, 15) is 19.1 Å². The summed E-state index contributed by atoms with van der Waals surface area (Å²) in [4.78, 5) is 29.3. The highest BCUT2D eigenvalue weighted by Gasteiger charge is 2.51. The van der Waals surface area contributed by atoms with Crippen LogP contribution in [-0.2, 0) is 16.9 Å². The second-order valence-electron chi connectivity index (χ2n) is 6.61. The van der Waals surface area contributed by atoms with E-state index in [0.717, 1.165) is 4.70 Å². The Balaban J connectivity index is 1.67. The predicted octanol–water partition coefficient (Wildman–Crippen LogP) is 2.83. The molecule has 1 saturated heterocycles. The summed E-state index contributed by atoms with van der Waals surface area (Å²) >= 11 is 1.29. The third kappa shape index (κ3) is 2.36. The number of aromatic hydroxyl groups is 1. The van der Waals surface area contributed by atoms with Gasteiger partial charge < -0.3 is 15.0 Å². The maximum Gasteiger partial charge on any atom is 0.322 e. The molecule has 1 fully saturated rings. The van der Waals surface area contributed by atoms with Crippen LogP contribution >= 0.6 is 11.3 Å². The Morgan fingerprint density at radius 1 is 1.21 bits per heavy atom. The molecule has 2 aromatic heterocycles. The normalized spacial score (nSPS) is 19.3. The Bertz CT molecular complexity index is 1250. The molecule has 1 atom stereocenters. The number of rotatable bonds is 3. The quantitative estimate of drug-likeness (QED) is 0.464. The third-order valence-corrected chi connectivity index (χ3v) is 6.03. The topological polar surface area (TPSA) is 96.2 Å². The van der Waals surface area contributed by atoms with Crippen molar-refractivity contribution in [3.05, 3.63) is 59.5 Å². The molecule has 0 saturated carbocycles. The number of hydrogen-bond acceptors (Lipinski definition) is 5. The molecule has 5 rings (SSSR count). The smallest absolute Gasteiger partial charge is 0.322 e. The van der Waals surface area contributed by atoms with Crippen LogP contribution in [0, 0.1) is 5.82 Å². The van der Waals surface area contributed by atoms with Gasteiger partial charge in [0.1, 0.15) is 10.8 Å². The van der Waals surface area contributed by atoms with E-state index in [1.54, 1.807) is 12.3 Å². The van der Waals surface area contributed by atoms with Crippen molar-refractivity contribution in [1.29, 1.82) is 0 Å². The van der Waals surface area contributed by atoms with E-state index in [4.69, 9.17) is 0 Å². The fraction of sp³-hybridized carbons (Fsp3) is 0.105. The number of carbonyl (C=O) groups is 2. The maximum absolute atomic E-state index is 13.6. The number of para-hydroxylation sites is 1. The first kappa shape index (κ1) is 16.7. The molecular formula is C19H13FN4O3S. The number of nitrogens with one attached hydrogen (secondary N) is 2. The molecule has 0 spiro atoms. The summed E-state index contributed by atoms with van der Waals surface area (Å²) in [7, 11) is 0. The minimum atomic E-state index is -1.48. The lowest BCUT2D eigenvalue weighted by atomic mass is 10.0. The second kappa shape index (κ2) is 5.77. The molecule has 7 nitrogen and oxygen atoms in total. The average molecular weight is 396 g/mol. The van der Waals surface area contributed by atoms with Crippen molar-refractivity contribution in [2.24, 2.45) is 0 Å². The largest absolute Gasteiger partial charge is 0.494 e. The van der Waals surface area contributed by atoms with Crippen LogP contribution in [-0.4, -0.2) is 26.6 Å². The SMILES string of the molecule is O=C1NC(=O)[C@@](Cn2cc3ccc(F)cc3c2O)(c2nc3ccccc3s2)N1. The molecule has 0 radical (unpaired) electrons. The minimum absolute atomic E-state index is 0.0907. The van der Waals surface area contributed by atoms with Gasteiger partial charge in [0, 0.05) is 17.0 Å². The zero-order valence-electron chi connectivity index (χ0n) is 14.3. The molecule has 4 aromatic rings. The van der Waals surface area contributed by atoms with E-state index in [2.05, 4.69) is 15.6 Å². The summed E-state index contributed by atoms with van der Waals surface area (Å²) in [5.41, 5.74) is -0.772. The van der Waals surface area contributed by atoms with Crippen molar-refractivity contribution < 1.29 is 19.1 Å². The van der Waals surface area contributed by atoms with Crippen LogP contribution in [0.1, 0.15) is 5.01 Å². The van der Waals surface area contributed by atoms with E-state index >= 15 is 0 Å². The standard InChI is InChI=1S/C19H13FN4O3S/c20-11-6-5-10-8-24(15(25)12(10)7-11)9-19(16(26)22-18(27)23-19)17-21-13-3-1-2-4-14(13)28-17/h1-8,25H,9H2,(H2,22,23,26,27)/t19-/m0/s1. The van der Waals surface area contributed by atoms with Gasteiger partial charge in [0.15, 0.2) is 11.4 Å². The summed E-state index contributed by atoms with van der Waals surface area (Å²) in [6.07, 6.45) is 1.61. The van der Waals surface area contributed by atoms with E-state index in [0.29, 0.717) is 21.3 Å². The Morgan fingerprint density at radius 3 is 2.79 bits per heavy atom. The molecule has 9 heteroatoms. The van der Waals surface area contributed by atoms with Crippen molar-refractivity contribution in [2.75, 3.05) is 0 Å². The van der Waals surface area contributed by atoms with Gasteiger partial charge in [0.2, 0.25) is 0 Å². The van der Waals surface area contributed by atoms with Crippen molar-refractivity contribution in [2.45, 2.75) is 12.1 Å². The monoisotopic (exact) mass is 396 g/mol. The van der Waals surface area contributed by atoms with Gasteiger partial charge in [-0.25, -0.2) is 14.2 Å². The number of aromatic nitrogens is 2. The van der Waals surface area contributed by atoms with E-state index in [-0.39, 0.29) is 12.4 Å². The predicted molar refractivity (Wildman–Crippen MR) is 102 cm³/mol. The first-order valence-corrected chi connectivity index (χ1v) is 9.25. The van der Waals surface area contributed by atoms with Crippen LogP contribution in [0.5, 0.6) is 5.88 Å². The molecule has 1 aliphatic rings. The van der Waals surface area contributed by atoms with Crippen LogP contribution in [0.4, 0.5) is 9.18 Å². The molecule has 3 N–H and O–H groups in total. The van der Waals surface area contributed by atoms with Gasteiger partial charge in [-0.15, -0.1) is 11.3 Å². The Kier molecular flexibility index (Phi) is 3.44. The average Bonchev–Trinajstić information content (AvgIpc) is 3.31. The summed E-state index contributed by atoms with van der Waals surface area (Å²) in [5, 5.41) is 16.8. The molecule has 3 amide bonds. The zero-order valence-corrected chi connectivity index (χ0v) is 15.1. The number of carbonyl (C=O) groups excluding carboxylic acids is 2. The van der Waals surface area contributed by atoms with Crippen LogP contribution in [0.15, 0.2) is 48.7 Å². The van der Waals surface area contributed by atoms with Crippen LogP contribution < -0.4 is 10.6 Å². The Morgan fingerprint density at radius 2 is 2.04 bits per heavy atom. The van der Waals surface area contributed by atoms with Gasteiger partial charge in [-0.05, 0) is 30.3 Å². The molecule has 3 heterocycles. The van der Waals surface area contributed by atoms with Gasteiger partial charge in [-0.2, -0.15) is 0 Å². The van der Waals surface area contributed by atoms with Crippen molar-refractivity contribution in [3.8, 4) is 5.88 Å². The van der Waals surface area contributed by atoms with Crippen molar-refractivity contribution >= 4 is 44.3 Å². The van der Waals surface area contributed by atoms with E-state index in [1.165, 1.54) is 28.0 Å². The molecular weight excluding hydrogens is 383 g/mol. The lowest BCUT2D eigenvalue weighted by molar-refractivity contribution is -0.124. The van der Waals surface area contributed by atoms with E-state index < -0.39 is 23.3 Å². The fourth-order valence-corrected chi connectivity index (χ4v) is 4.57. The number of thiazole rings is 1. The first-order valence-electron chi connectivity index (χ1n) is 8.43. The van der Waals surface area contributed by atoms with Crippen molar-refractivity contribution in [1.82, 2.24) is 20.2 Å².